The summed E-state index contributed by atoms with van der Waals surface area (Å²) in [6, 6.07) is 6.86. The normalized spacial score (nSPS) is 15.8. The van der Waals surface area contributed by atoms with Gasteiger partial charge < -0.3 is 10.4 Å². The van der Waals surface area contributed by atoms with E-state index < -0.39 is 9.84 Å². The summed E-state index contributed by atoms with van der Waals surface area (Å²) in [7, 11) is -3.13. The Bertz CT molecular complexity index is 606. The molecule has 22 heavy (non-hydrogen) atoms. The summed E-state index contributed by atoms with van der Waals surface area (Å²) >= 11 is 0. The Balaban J connectivity index is 1.69. The predicted octanol–water partition coefficient (Wildman–Crippen LogP) is 1.80. The smallest absolute Gasteiger partial charge is 0.221 e. The first-order valence-electron chi connectivity index (χ1n) is 7.73. The molecule has 122 valence electrons. The van der Waals surface area contributed by atoms with E-state index in [9.17, 15) is 18.3 Å². The number of rotatable bonds is 7. The monoisotopic (exact) mass is 325 g/mol. The molecular weight excluding hydrogens is 302 g/mol. The number of carbonyl (C=O) groups excluding carboxylic acids is 1. The number of phenolic OH excluding ortho intramolecular Hbond substituents is 1. The van der Waals surface area contributed by atoms with Crippen LogP contribution in [0.5, 0.6) is 5.75 Å². The minimum absolute atomic E-state index is 0.0267. The third kappa shape index (κ3) is 5.02. The highest BCUT2D eigenvalue weighted by Crippen LogP contribution is 2.25. The van der Waals surface area contributed by atoms with Crippen LogP contribution in [0, 0.1) is 0 Å². The number of hydrogen-bond acceptors (Lipinski definition) is 4. The van der Waals surface area contributed by atoms with Gasteiger partial charge in [-0.15, -0.1) is 0 Å². The summed E-state index contributed by atoms with van der Waals surface area (Å²) in [5.74, 6) is -0.0940. The largest absolute Gasteiger partial charge is 0.508 e. The molecule has 0 spiro atoms. The van der Waals surface area contributed by atoms with E-state index in [0.717, 1.165) is 31.2 Å². The van der Waals surface area contributed by atoms with Gasteiger partial charge in [-0.05, 0) is 37.0 Å². The minimum Gasteiger partial charge on any atom is -0.508 e. The van der Waals surface area contributed by atoms with Crippen molar-refractivity contribution in [2.45, 2.75) is 43.8 Å². The van der Waals surface area contributed by atoms with Gasteiger partial charge in [0, 0.05) is 13.0 Å². The molecule has 0 heterocycles. The van der Waals surface area contributed by atoms with Crippen LogP contribution < -0.4 is 5.32 Å². The number of sulfone groups is 1. The van der Waals surface area contributed by atoms with Crippen molar-refractivity contribution in [2.75, 3.05) is 12.3 Å². The van der Waals surface area contributed by atoms with Gasteiger partial charge in [-0.2, -0.15) is 0 Å². The second-order valence-corrected chi connectivity index (χ2v) is 8.19. The van der Waals surface area contributed by atoms with Crippen LogP contribution in [-0.4, -0.2) is 37.0 Å². The number of carbonyl (C=O) groups is 1. The third-order valence-corrected chi connectivity index (χ3v) is 6.33. The predicted molar refractivity (Wildman–Crippen MR) is 85.5 cm³/mol. The molecule has 0 unspecified atom stereocenters. The Kier molecular flexibility index (Phi) is 5.83. The maximum atomic E-state index is 12.1. The molecule has 0 atom stereocenters. The second kappa shape index (κ2) is 7.63. The van der Waals surface area contributed by atoms with Crippen molar-refractivity contribution in [3.05, 3.63) is 29.8 Å². The molecule has 0 radical (unpaired) electrons. The quantitative estimate of drug-likeness (QED) is 0.801. The van der Waals surface area contributed by atoms with Crippen LogP contribution in [0.25, 0.3) is 0 Å². The Labute approximate surface area is 131 Å². The summed E-state index contributed by atoms with van der Waals surface area (Å²) in [5, 5.41) is 11.8. The van der Waals surface area contributed by atoms with Crippen molar-refractivity contribution >= 4 is 15.7 Å². The van der Waals surface area contributed by atoms with Gasteiger partial charge >= 0.3 is 0 Å². The molecule has 0 bridgehead atoms. The Morgan fingerprint density at radius 1 is 1.27 bits per heavy atom. The number of amides is 1. The van der Waals surface area contributed by atoms with E-state index in [1.807, 2.05) is 6.07 Å². The molecule has 2 N–H and O–H groups in total. The van der Waals surface area contributed by atoms with Gasteiger partial charge in [0.15, 0.2) is 9.84 Å². The first kappa shape index (κ1) is 16.8. The fourth-order valence-electron chi connectivity index (χ4n) is 2.80. The molecule has 1 saturated carbocycles. The van der Waals surface area contributed by atoms with Crippen molar-refractivity contribution in [1.82, 2.24) is 5.32 Å². The summed E-state index contributed by atoms with van der Waals surface area (Å²) in [4.78, 5) is 11.7. The van der Waals surface area contributed by atoms with E-state index in [2.05, 4.69) is 5.32 Å². The van der Waals surface area contributed by atoms with E-state index >= 15 is 0 Å². The topological polar surface area (TPSA) is 83.5 Å². The molecule has 0 aliphatic heterocycles. The summed E-state index contributed by atoms with van der Waals surface area (Å²) in [6.45, 7) is 0.436. The molecule has 0 aromatic heterocycles. The fourth-order valence-corrected chi connectivity index (χ4v) is 4.65. The van der Waals surface area contributed by atoms with Gasteiger partial charge in [-0.25, -0.2) is 8.42 Å². The lowest BCUT2D eigenvalue weighted by Crippen LogP contribution is -2.29. The van der Waals surface area contributed by atoms with Crippen LogP contribution in [0.3, 0.4) is 0 Å². The van der Waals surface area contributed by atoms with Crippen molar-refractivity contribution in [1.29, 1.82) is 0 Å². The van der Waals surface area contributed by atoms with Gasteiger partial charge in [0.25, 0.3) is 0 Å². The van der Waals surface area contributed by atoms with E-state index in [0.29, 0.717) is 13.0 Å². The zero-order valence-corrected chi connectivity index (χ0v) is 13.4. The lowest BCUT2D eigenvalue weighted by Gasteiger charge is -2.11. The Hall–Kier alpha value is -1.56. The van der Waals surface area contributed by atoms with Crippen molar-refractivity contribution in [3.63, 3.8) is 0 Å². The molecule has 6 heteroatoms. The second-order valence-electron chi connectivity index (χ2n) is 5.79. The molecule has 1 aliphatic carbocycles. The number of aromatic hydroxyl groups is 1. The maximum Gasteiger partial charge on any atom is 0.221 e. The maximum absolute atomic E-state index is 12.1. The Morgan fingerprint density at radius 2 is 2.00 bits per heavy atom. The van der Waals surface area contributed by atoms with Gasteiger partial charge in [0.05, 0.1) is 11.0 Å². The molecule has 1 aromatic rings. The van der Waals surface area contributed by atoms with Crippen LogP contribution >= 0.6 is 0 Å². The third-order valence-electron chi connectivity index (χ3n) is 4.07. The lowest BCUT2D eigenvalue weighted by atomic mass is 10.1. The standard InChI is InChI=1S/C16H23NO4S/c18-14-5-3-4-13(12-14)8-10-17-16(19)9-11-22(20,21)15-6-1-2-7-15/h3-5,12,15,18H,1-2,6-11H2,(H,17,19). The number of hydrogen-bond donors (Lipinski definition) is 2. The highest BCUT2D eigenvalue weighted by molar-refractivity contribution is 7.92. The van der Waals surface area contributed by atoms with Crippen LogP contribution in [0.4, 0.5) is 0 Å². The first-order chi connectivity index (χ1) is 10.5. The van der Waals surface area contributed by atoms with Crippen LogP contribution in [-0.2, 0) is 21.1 Å². The first-order valence-corrected chi connectivity index (χ1v) is 9.45. The molecule has 1 fully saturated rings. The Morgan fingerprint density at radius 3 is 2.68 bits per heavy atom. The average molecular weight is 325 g/mol. The summed E-state index contributed by atoms with van der Waals surface area (Å²) < 4.78 is 24.1. The lowest BCUT2D eigenvalue weighted by molar-refractivity contribution is -0.120. The van der Waals surface area contributed by atoms with E-state index in [-0.39, 0.29) is 29.1 Å². The minimum atomic E-state index is -3.13. The number of benzene rings is 1. The molecule has 1 aliphatic rings. The summed E-state index contributed by atoms with van der Waals surface area (Å²) in [5.41, 5.74) is 0.930. The molecule has 5 nitrogen and oxygen atoms in total. The van der Waals surface area contributed by atoms with Crippen molar-refractivity contribution in [3.8, 4) is 5.75 Å². The molecular formula is C16H23NO4S. The van der Waals surface area contributed by atoms with E-state index in [4.69, 9.17) is 0 Å². The molecule has 0 saturated heterocycles. The van der Waals surface area contributed by atoms with Crippen LogP contribution in [0.1, 0.15) is 37.7 Å². The van der Waals surface area contributed by atoms with Crippen molar-refractivity contribution in [2.24, 2.45) is 0 Å². The number of nitrogens with one attached hydrogen (secondary N) is 1. The van der Waals surface area contributed by atoms with Gasteiger partial charge in [0.1, 0.15) is 5.75 Å². The SMILES string of the molecule is O=C(CCS(=O)(=O)C1CCCC1)NCCc1cccc(O)c1. The highest BCUT2D eigenvalue weighted by atomic mass is 32.2. The van der Waals surface area contributed by atoms with Gasteiger partial charge in [-0.1, -0.05) is 25.0 Å². The molecule has 1 amide bonds. The van der Waals surface area contributed by atoms with Crippen LogP contribution in [0.2, 0.25) is 0 Å². The number of phenols is 1. The molecule has 1 aromatic carbocycles. The van der Waals surface area contributed by atoms with Crippen LogP contribution in [0.15, 0.2) is 24.3 Å². The molecule has 2 rings (SSSR count). The zero-order valence-electron chi connectivity index (χ0n) is 12.6. The van der Waals surface area contributed by atoms with E-state index in [1.165, 1.54) is 0 Å². The van der Waals surface area contributed by atoms with E-state index in [1.54, 1.807) is 18.2 Å². The van der Waals surface area contributed by atoms with Gasteiger partial charge in [0.2, 0.25) is 5.91 Å². The fraction of sp³-hybridized carbons (Fsp3) is 0.562. The van der Waals surface area contributed by atoms with Crippen molar-refractivity contribution < 1.29 is 18.3 Å². The van der Waals surface area contributed by atoms with Gasteiger partial charge in [-0.3, -0.25) is 4.79 Å². The average Bonchev–Trinajstić information content (AvgIpc) is 3.00. The highest BCUT2D eigenvalue weighted by Gasteiger charge is 2.28. The summed E-state index contributed by atoms with van der Waals surface area (Å²) in [6.07, 6.45) is 4.05. The zero-order chi connectivity index (χ0) is 16.0.